The largest absolute Gasteiger partial charge is 0.464 e. The summed E-state index contributed by atoms with van der Waals surface area (Å²) in [5.74, 6) is 0.777. The number of ether oxygens (including phenoxy) is 2. The van der Waals surface area contributed by atoms with E-state index in [4.69, 9.17) is 9.47 Å². The van der Waals surface area contributed by atoms with Crippen LogP contribution in [0.2, 0.25) is 0 Å². The van der Waals surface area contributed by atoms with Crippen molar-refractivity contribution in [1.29, 1.82) is 0 Å². The van der Waals surface area contributed by atoms with Gasteiger partial charge in [-0.3, -0.25) is 0 Å². The van der Waals surface area contributed by atoms with Crippen LogP contribution < -0.4 is 4.74 Å². The Bertz CT molecular complexity index is 371. The van der Waals surface area contributed by atoms with Gasteiger partial charge in [-0.1, -0.05) is 6.07 Å². The molecule has 0 aliphatic carbocycles. The molecule has 3 nitrogen and oxygen atoms in total. The van der Waals surface area contributed by atoms with Crippen LogP contribution >= 0.6 is 22.6 Å². The highest BCUT2D eigenvalue weighted by atomic mass is 127. The monoisotopic (exact) mass is 350 g/mol. The quantitative estimate of drug-likeness (QED) is 0.654. The van der Waals surface area contributed by atoms with E-state index < -0.39 is 5.60 Å². The van der Waals surface area contributed by atoms with Gasteiger partial charge in [0.05, 0.1) is 9.17 Å². The van der Waals surface area contributed by atoms with E-state index >= 15 is 0 Å². The summed E-state index contributed by atoms with van der Waals surface area (Å²) in [6, 6.07) is 5.66. The van der Waals surface area contributed by atoms with Crippen LogP contribution in [0.5, 0.6) is 5.75 Å². The van der Waals surface area contributed by atoms with E-state index in [0.29, 0.717) is 6.61 Å². The number of hydrogen-bond donors (Lipinski definition) is 1. The van der Waals surface area contributed by atoms with Gasteiger partial charge in [0.1, 0.15) is 5.75 Å². The van der Waals surface area contributed by atoms with Crippen molar-refractivity contribution in [2.24, 2.45) is 0 Å². The maximum absolute atomic E-state index is 9.90. The Morgan fingerprint density at radius 1 is 1.41 bits per heavy atom. The summed E-state index contributed by atoms with van der Waals surface area (Å²) in [6.45, 7) is 7.95. The summed E-state index contributed by atoms with van der Waals surface area (Å²) in [6.07, 6.45) is -0.262. The molecule has 0 spiro atoms. The lowest BCUT2D eigenvalue weighted by Crippen LogP contribution is -2.18. The molecule has 1 rings (SSSR count). The first-order valence-electron chi connectivity index (χ1n) is 5.65. The van der Waals surface area contributed by atoms with Crippen LogP contribution in [-0.2, 0) is 10.3 Å². The van der Waals surface area contributed by atoms with Gasteiger partial charge in [-0.25, -0.2) is 0 Å². The van der Waals surface area contributed by atoms with Crippen molar-refractivity contribution in [3.8, 4) is 5.75 Å². The van der Waals surface area contributed by atoms with Crippen molar-refractivity contribution in [2.75, 3.05) is 6.61 Å². The molecule has 17 heavy (non-hydrogen) atoms. The van der Waals surface area contributed by atoms with Gasteiger partial charge in [0.25, 0.3) is 0 Å². The van der Waals surface area contributed by atoms with Crippen molar-refractivity contribution in [1.82, 2.24) is 0 Å². The van der Waals surface area contributed by atoms with E-state index in [1.807, 2.05) is 32.0 Å². The molecule has 0 fully saturated rings. The lowest BCUT2D eigenvalue weighted by atomic mass is 9.99. The minimum Gasteiger partial charge on any atom is -0.464 e. The summed E-state index contributed by atoms with van der Waals surface area (Å²) < 4.78 is 11.9. The average molecular weight is 350 g/mol. The van der Waals surface area contributed by atoms with Gasteiger partial charge in [-0.05, 0) is 68.0 Å². The highest BCUT2D eigenvalue weighted by molar-refractivity contribution is 14.1. The highest BCUT2D eigenvalue weighted by Crippen LogP contribution is 2.28. The standard InChI is InChI=1S/C13H19IO3/c1-5-16-9(2)17-12-7-6-10(8-11(12)14)13(3,4)15/h6-9,15H,5H2,1-4H3. The van der Waals surface area contributed by atoms with E-state index in [-0.39, 0.29) is 6.29 Å². The topological polar surface area (TPSA) is 38.7 Å². The molecule has 0 saturated carbocycles. The number of aliphatic hydroxyl groups is 1. The zero-order valence-electron chi connectivity index (χ0n) is 10.7. The van der Waals surface area contributed by atoms with Crippen LogP contribution in [0.1, 0.15) is 33.3 Å². The van der Waals surface area contributed by atoms with E-state index in [9.17, 15) is 5.11 Å². The lowest BCUT2D eigenvalue weighted by Gasteiger charge is -2.20. The fraction of sp³-hybridized carbons (Fsp3) is 0.538. The van der Waals surface area contributed by atoms with Crippen molar-refractivity contribution in [3.63, 3.8) is 0 Å². The Morgan fingerprint density at radius 3 is 2.53 bits per heavy atom. The molecule has 1 N–H and O–H groups in total. The minimum atomic E-state index is -0.829. The number of halogens is 1. The highest BCUT2D eigenvalue weighted by Gasteiger charge is 2.17. The van der Waals surface area contributed by atoms with E-state index in [1.54, 1.807) is 13.8 Å². The zero-order chi connectivity index (χ0) is 13.1. The molecular weight excluding hydrogens is 331 g/mol. The molecule has 0 aliphatic rings. The van der Waals surface area contributed by atoms with Gasteiger partial charge in [0, 0.05) is 6.61 Å². The third kappa shape index (κ3) is 4.44. The molecule has 96 valence electrons. The third-order valence-corrected chi connectivity index (χ3v) is 3.18. The van der Waals surface area contributed by atoms with Gasteiger partial charge < -0.3 is 14.6 Å². The second kappa shape index (κ2) is 6.02. The second-order valence-electron chi connectivity index (χ2n) is 4.35. The Kier molecular flexibility index (Phi) is 5.22. The molecule has 0 bridgehead atoms. The fourth-order valence-electron chi connectivity index (χ4n) is 1.42. The van der Waals surface area contributed by atoms with E-state index in [0.717, 1.165) is 14.9 Å². The smallest absolute Gasteiger partial charge is 0.197 e. The molecule has 1 aromatic rings. The van der Waals surface area contributed by atoms with Crippen LogP contribution in [-0.4, -0.2) is 18.0 Å². The SMILES string of the molecule is CCOC(C)Oc1ccc(C(C)(C)O)cc1I. The minimum absolute atomic E-state index is 0.262. The van der Waals surface area contributed by atoms with Crippen LogP contribution in [0.25, 0.3) is 0 Å². The molecule has 0 amide bonds. The second-order valence-corrected chi connectivity index (χ2v) is 5.51. The predicted octanol–water partition coefficient (Wildman–Crippen LogP) is 3.28. The average Bonchev–Trinajstić information content (AvgIpc) is 2.20. The van der Waals surface area contributed by atoms with Crippen LogP contribution in [0.3, 0.4) is 0 Å². The number of rotatable bonds is 5. The number of hydrogen-bond acceptors (Lipinski definition) is 3. The Hall–Kier alpha value is -0.330. The molecule has 1 atom stereocenters. The summed E-state index contributed by atoms with van der Waals surface area (Å²) in [5, 5.41) is 9.90. The van der Waals surface area contributed by atoms with Crippen molar-refractivity contribution in [2.45, 2.75) is 39.6 Å². The first-order chi connectivity index (χ1) is 7.84. The summed E-state index contributed by atoms with van der Waals surface area (Å²) in [4.78, 5) is 0. The van der Waals surface area contributed by atoms with Crippen molar-refractivity contribution in [3.05, 3.63) is 27.3 Å². The molecule has 4 heteroatoms. The van der Waals surface area contributed by atoms with E-state index in [2.05, 4.69) is 22.6 Å². The zero-order valence-corrected chi connectivity index (χ0v) is 12.8. The Balaban J connectivity index is 2.83. The molecule has 0 radical (unpaired) electrons. The van der Waals surface area contributed by atoms with Crippen LogP contribution in [0, 0.1) is 3.57 Å². The maximum atomic E-state index is 9.90. The normalized spacial score (nSPS) is 13.5. The molecule has 0 aromatic heterocycles. The molecular formula is C13H19IO3. The van der Waals surface area contributed by atoms with Gasteiger partial charge in [0.2, 0.25) is 0 Å². The number of benzene rings is 1. The van der Waals surface area contributed by atoms with Crippen molar-refractivity contribution < 1.29 is 14.6 Å². The van der Waals surface area contributed by atoms with Crippen LogP contribution in [0.15, 0.2) is 18.2 Å². The van der Waals surface area contributed by atoms with Crippen LogP contribution in [0.4, 0.5) is 0 Å². The Labute approximate surface area is 116 Å². The van der Waals surface area contributed by atoms with Gasteiger partial charge >= 0.3 is 0 Å². The molecule has 0 heterocycles. The van der Waals surface area contributed by atoms with Gasteiger partial charge in [-0.2, -0.15) is 0 Å². The molecule has 0 saturated heterocycles. The lowest BCUT2D eigenvalue weighted by molar-refractivity contribution is -0.0618. The molecule has 1 aromatic carbocycles. The molecule has 1 unspecified atom stereocenters. The third-order valence-electron chi connectivity index (χ3n) is 2.33. The molecule has 0 aliphatic heterocycles. The maximum Gasteiger partial charge on any atom is 0.197 e. The van der Waals surface area contributed by atoms with Gasteiger partial charge in [-0.15, -0.1) is 0 Å². The first kappa shape index (κ1) is 14.7. The summed E-state index contributed by atoms with van der Waals surface area (Å²) in [5.41, 5.74) is 0.0441. The Morgan fingerprint density at radius 2 is 2.06 bits per heavy atom. The summed E-state index contributed by atoms with van der Waals surface area (Å²) in [7, 11) is 0. The first-order valence-corrected chi connectivity index (χ1v) is 6.73. The van der Waals surface area contributed by atoms with Gasteiger partial charge in [0.15, 0.2) is 6.29 Å². The fourth-order valence-corrected chi connectivity index (χ4v) is 2.07. The summed E-state index contributed by atoms with van der Waals surface area (Å²) >= 11 is 2.20. The predicted molar refractivity (Wildman–Crippen MR) is 76.1 cm³/mol. The van der Waals surface area contributed by atoms with E-state index in [1.165, 1.54) is 0 Å². The van der Waals surface area contributed by atoms with Crippen molar-refractivity contribution >= 4 is 22.6 Å².